The van der Waals surface area contributed by atoms with Crippen molar-refractivity contribution in [1.29, 1.82) is 0 Å². The molecular weight excluding hydrogens is 334 g/mol. The van der Waals surface area contributed by atoms with E-state index >= 15 is 0 Å². The average Bonchev–Trinajstić information content (AvgIpc) is 3.02. The van der Waals surface area contributed by atoms with Crippen molar-refractivity contribution in [3.05, 3.63) is 35.4 Å². The molecule has 1 spiro atoms. The summed E-state index contributed by atoms with van der Waals surface area (Å²) in [6.45, 7) is 2.02. The molecule has 1 saturated carbocycles. The van der Waals surface area contributed by atoms with E-state index in [2.05, 4.69) is 5.32 Å². The Hall–Kier alpha value is -2.70. The van der Waals surface area contributed by atoms with Gasteiger partial charge in [0, 0.05) is 13.1 Å². The first-order chi connectivity index (χ1) is 12.5. The topological polar surface area (TPSA) is 86.8 Å². The lowest BCUT2D eigenvalue weighted by molar-refractivity contribution is -0.134. The van der Waals surface area contributed by atoms with E-state index in [0.717, 1.165) is 29.1 Å². The van der Waals surface area contributed by atoms with Gasteiger partial charge < -0.3 is 5.32 Å². The van der Waals surface area contributed by atoms with E-state index < -0.39 is 11.6 Å². The molecule has 2 heterocycles. The van der Waals surface area contributed by atoms with Gasteiger partial charge >= 0.3 is 6.03 Å². The second-order valence-corrected chi connectivity index (χ2v) is 7.31. The molecule has 2 fully saturated rings. The zero-order valence-corrected chi connectivity index (χ0v) is 14.7. The number of hydrogen-bond donors (Lipinski definition) is 1. The predicted octanol–water partition coefficient (Wildman–Crippen LogP) is 1.78. The summed E-state index contributed by atoms with van der Waals surface area (Å²) in [5.41, 5.74) is -0.0868. The van der Waals surface area contributed by atoms with Crippen molar-refractivity contribution in [2.45, 2.75) is 38.1 Å². The maximum atomic E-state index is 12.9. The highest BCUT2D eigenvalue weighted by atomic mass is 16.2. The molecule has 1 saturated heterocycles. The highest BCUT2D eigenvalue weighted by molar-refractivity contribution is 6.21. The Kier molecular flexibility index (Phi) is 3.82. The smallest absolute Gasteiger partial charge is 0.323 e. The molecule has 1 aromatic carbocycles. The minimum atomic E-state index is -0.822. The van der Waals surface area contributed by atoms with Gasteiger partial charge in [0.05, 0.1) is 11.1 Å². The molecule has 1 N–H and O–H groups in total. The number of carbonyl (C=O) groups is 4. The van der Waals surface area contributed by atoms with E-state index in [1.807, 2.05) is 6.92 Å². The summed E-state index contributed by atoms with van der Waals surface area (Å²) in [6.07, 6.45) is 3.50. The molecule has 0 bridgehead atoms. The van der Waals surface area contributed by atoms with Gasteiger partial charge in [0.15, 0.2) is 0 Å². The third-order valence-corrected chi connectivity index (χ3v) is 5.93. The highest BCUT2D eigenvalue weighted by Crippen LogP contribution is 2.38. The number of fused-ring (bicyclic) bond motifs is 1. The van der Waals surface area contributed by atoms with Crippen LogP contribution in [0.2, 0.25) is 0 Å². The minimum Gasteiger partial charge on any atom is -0.323 e. The van der Waals surface area contributed by atoms with Crippen molar-refractivity contribution in [2.75, 3.05) is 13.1 Å². The molecule has 1 aliphatic carbocycles. The number of amides is 5. The van der Waals surface area contributed by atoms with E-state index in [4.69, 9.17) is 0 Å². The lowest BCUT2D eigenvalue weighted by Crippen LogP contribution is -2.54. The van der Waals surface area contributed by atoms with Crippen LogP contribution in [0.15, 0.2) is 24.3 Å². The molecule has 26 heavy (non-hydrogen) atoms. The number of carbonyl (C=O) groups excluding carboxylic acids is 4. The summed E-state index contributed by atoms with van der Waals surface area (Å²) >= 11 is 0. The number of rotatable bonds is 3. The first kappa shape index (κ1) is 16.8. The van der Waals surface area contributed by atoms with Crippen LogP contribution in [0.5, 0.6) is 0 Å². The van der Waals surface area contributed by atoms with Crippen molar-refractivity contribution >= 4 is 23.8 Å². The van der Waals surface area contributed by atoms with Crippen molar-refractivity contribution in [1.82, 2.24) is 15.1 Å². The molecule has 0 aromatic heterocycles. The number of nitrogens with zero attached hydrogens (tertiary/aromatic N) is 2. The van der Waals surface area contributed by atoms with Crippen LogP contribution in [0.3, 0.4) is 0 Å². The van der Waals surface area contributed by atoms with Crippen molar-refractivity contribution in [3.8, 4) is 0 Å². The zero-order valence-electron chi connectivity index (χ0n) is 14.7. The Bertz CT molecular complexity index is 786. The van der Waals surface area contributed by atoms with Gasteiger partial charge in [-0.3, -0.25) is 24.2 Å². The number of hydrogen-bond acceptors (Lipinski definition) is 4. The van der Waals surface area contributed by atoms with Crippen molar-refractivity contribution in [2.24, 2.45) is 5.92 Å². The van der Waals surface area contributed by atoms with Gasteiger partial charge in [-0.1, -0.05) is 31.9 Å². The fraction of sp³-hybridized carbons (Fsp3) is 0.474. The Morgan fingerprint density at radius 2 is 1.62 bits per heavy atom. The number of imide groups is 2. The van der Waals surface area contributed by atoms with Gasteiger partial charge in [0.1, 0.15) is 5.54 Å². The molecule has 7 heteroatoms. The molecular formula is C19H21N3O4. The molecule has 1 aromatic rings. The minimum absolute atomic E-state index is 0.00989. The van der Waals surface area contributed by atoms with Crippen LogP contribution in [0.1, 0.15) is 53.3 Å². The Morgan fingerprint density at radius 3 is 2.23 bits per heavy atom. The van der Waals surface area contributed by atoms with Crippen LogP contribution in [0.25, 0.3) is 0 Å². The number of urea groups is 1. The molecule has 2 atom stereocenters. The molecule has 136 valence electrons. The first-order valence-electron chi connectivity index (χ1n) is 9.05. The molecule has 5 amide bonds. The standard InChI is InChI=1S/C19H21N3O4/c1-12-6-4-5-9-19(12)17(25)22(18(26)20-19)11-10-21-15(23)13-7-2-3-8-14(13)16(21)24/h2-3,7-8,12H,4-6,9-11H2,1H3,(H,20,26)/t12-,19-/m0/s1. The average molecular weight is 355 g/mol. The lowest BCUT2D eigenvalue weighted by Gasteiger charge is -2.36. The Balaban J connectivity index is 1.49. The highest BCUT2D eigenvalue weighted by Gasteiger charge is 2.54. The van der Waals surface area contributed by atoms with E-state index in [1.54, 1.807) is 24.3 Å². The van der Waals surface area contributed by atoms with Gasteiger partial charge in [-0.05, 0) is 30.9 Å². The van der Waals surface area contributed by atoms with E-state index in [0.29, 0.717) is 17.5 Å². The van der Waals surface area contributed by atoms with Crippen LogP contribution >= 0.6 is 0 Å². The molecule has 0 radical (unpaired) electrons. The van der Waals surface area contributed by atoms with Gasteiger partial charge in [0.2, 0.25) is 0 Å². The SMILES string of the molecule is C[C@H]1CCCC[C@]12NC(=O)N(CCN1C(=O)c3ccccc3C1=O)C2=O. The molecule has 7 nitrogen and oxygen atoms in total. The summed E-state index contributed by atoms with van der Waals surface area (Å²) in [7, 11) is 0. The summed E-state index contributed by atoms with van der Waals surface area (Å²) in [4.78, 5) is 52.5. The van der Waals surface area contributed by atoms with Crippen LogP contribution in [-0.4, -0.2) is 52.2 Å². The van der Waals surface area contributed by atoms with Crippen LogP contribution in [-0.2, 0) is 4.79 Å². The third-order valence-electron chi connectivity index (χ3n) is 5.93. The fourth-order valence-corrected chi connectivity index (χ4v) is 4.34. The van der Waals surface area contributed by atoms with Gasteiger partial charge in [0.25, 0.3) is 17.7 Å². The van der Waals surface area contributed by atoms with E-state index in [-0.39, 0.29) is 36.7 Å². The normalized spacial score (nSPS) is 28.1. The number of benzene rings is 1. The molecule has 2 aliphatic heterocycles. The maximum Gasteiger partial charge on any atom is 0.325 e. The lowest BCUT2D eigenvalue weighted by atomic mass is 9.73. The van der Waals surface area contributed by atoms with Crippen LogP contribution < -0.4 is 5.32 Å². The van der Waals surface area contributed by atoms with E-state index in [1.165, 1.54) is 0 Å². The Labute approximate surface area is 151 Å². The summed E-state index contributed by atoms with van der Waals surface area (Å²) in [6, 6.07) is 6.21. The fourth-order valence-electron chi connectivity index (χ4n) is 4.34. The van der Waals surface area contributed by atoms with Crippen LogP contribution in [0.4, 0.5) is 4.79 Å². The number of nitrogens with one attached hydrogen (secondary N) is 1. The van der Waals surface area contributed by atoms with Crippen molar-refractivity contribution < 1.29 is 19.2 Å². The second kappa shape index (κ2) is 5.93. The van der Waals surface area contributed by atoms with Gasteiger partial charge in [-0.25, -0.2) is 4.79 Å². The second-order valence-electron chi connectivity index (χ2n) is 7.31. The molecule has 4 rings (SSSR count). The summed E-state index contributed by atoms with van der Waals surface area (Å²) in [5.74, 6) is -0.903. The third kappa shape index (κ3) is 2.26. The monoisotopic (exact) mass is 355 g/mol. The largest absolute Gasteiger partial charge is 0.325 e. The van der Waals surface area contributed by atoms with Crippen molar-refractivity contribution in [3.63, 3.8) is 0 Å². The zero-order chi connectivity index (χ0) is 18.5. The predicted molar refractivity (Wildman–Crippen MR) is 92.4 cm³/mol. The molecule has 0 unspecified atom stereocenters. The van der Waals surface area contributed by atoms with Gasteiger partial charge in [-0.2, -0.15) is 0 Å². The van der Waals surface area contributed by atoms with Gasteiger partial charge in [-0.15, -0.1) is 0 Å². The summed E-state index contributed by atoms with van der Waals surface area (Å²) < 4.78 is 0. The van der Waals surface area contributed by atoms with Crippen LogP contribution in [0, 0.1) is 5.92 Å². The maximum absolute atomic E-state index is 12.9. The summed E-state index contributed by atoms with van der Waals surface area (Å²) in [5, 5.41) is 2.88. The first-order valence-corrected chi connectivity index (χ1v) is 9.05. The Morgan fingerprint density at radius 1 is 1.00 bits per heavy atom. The molecule has 3 aliphatic rings. The van der Waals surface area contributed by atoms with E-state index in [9.17, 15) is 19.2 Å². The quantitative estimate of drug-likeness (QED) is 0.661.